The molecule has 0 radical (unpaired) electrons. The van der Waals surface area contributed by atoms with Gasteiger partial charge < -0.3 is 9.80 Å². The van der Waals surface area contributed by atoms with Gasteiger partial charge in [0.15, 0.2) is 0 Å². The van der Waals surface area contributed by atoms with Gasteiger partial charge in [-0.05, 0) is 38.0 Å². The second kappa shape index (κ2) is 6.23. The van der Waals surface area contributed by atoms with Gasteiger partial charge >= 0.3 is 0 Å². The summed E-state index contributed by atoms with van der Waals surface area (Å²) in [7, 11) is 0. The average Bonchev–Trinajstić information content (AvgIpc) is 3.08. The number of carbonyl (C=O) groups excluding carboxylic acids is 2. The van der Waals surface area contributed by atoms with Gasteiger partial charge in [-0.3, -0.25) is 9.59 Å². The number of aromatic nitrogens is 1. The third-order valence-electron chi connectivity index (χ3n) is 5.26. The number of nitrogens with zero attached hydrogens (tertiary/aromatic N) is 3. The van der Waals surface area contributed by atoms with E-state index in [9.17, 15) is 9.59 Å². The van der Waals surface area contributed by atoms with Gasteiger partial charge in [0.1, 0.15) is 5.01 Å². The van der Waals surface area contributed by atoms with Crippen LogP contribution in [0.1, 0.15) is 49.6 Å². The minimum absolute atomic E-state index is 0.115. The Kier molecular flexibility index (Phi) is 4.09. The second-order valence-corrected chi connectivity index (χ2v) is 7.98. The number of rotatable bonds is 4. The van der Waals surface area contributed by atoms with Gasteiger partial charge in [0.2, 0.25) is 11.8 Å². The molecule has 2 saturated heterocycles. The molecule has 0 N–H and O–H groups in total. The fourth-order valence-corrected chi connectivity index (χ4v) is 4.60. The van der Waals surface area contributed by atoms with Crippen LogP contribution in [0.4, 0.5) is 0 Å². The third-order valence-corrected chi connectivity index (χ3v) is 6.14. The lowest BCUT2D eigenvalue weighted by Crippen LogP contribution is -2.42. The minimum Gasteiger partial charge on any atom is -0.342 e. The number of likely N-dealkylation sites (tertiary alicyclic amines) is 2. The van der Waals surface area contributed by atoms with E-state index in [1.165, 1.54) is 12.8 Å². The molecule has 6 heteroatoms. The van der Waals surface area contributed by atoms with Crippen LogP contribution in [-0.2, 0) is 9.59 Å². The molecule has 3 aliphatic rings. The molecule has 2 atom stereocenters. The number of thiazole rings is 1. The quantitative estimate of drug-likeness (QED) is 0.850. The Balaban J connectivity index is 1.45. The van der Waals surface area contributed by atoms with Gasteiger partial charge in [-0.1, -0.05) is 0 Å². The summed E-state index contributed by atoms with van der Waals surface area (Å²) < 4.78 is 0. The predicted molar refractivity (Wildman–Crippen MR) is 87.8 cm³/mol. The molecule has 1 aromatic heterocycles. The molecule has 0 aromatic carbocycles. The van der Waals surface area contributed by atoms with Gasteiger partial charge in [-0.2, -0.15) is 0 Å². The Labute approximate surface area is 140 Å². The van der Waals surface area contributed by atoms with Crippen molar-refractivity contribution in [2.45, 2.75) is 44.6 Å². The van der Waals surface area contributed by atoms with Crippen molar-refractivity contribution in [3.05, 3.63) is 16.6 Å². The molecule has 0 bridgehead atoms. The predicted octanol–water partition coefficient (Wildman–Crippen LogP) is 2.46. The first-order valence-electron chi connectivity index (χ1n) is 8.70. The van der Waals surface area contributed by atoms with Crippen LogP contribution in [0.5, 0.6) is 0 Å². The van der Waals surface area contributed by atoms with Gasteiger partial charge in [-0.15, -0.1) is 11.3 Å². The third kappa shape index (κ3) is 3.13. The molecule has 0 spiro atoms. The monoisotopic (exact) mass is 333 g/mol. The van der Waals surface area contributed by atoms with E-state index in [0.29, 0.717) is 18.9 Å². The van der Waals surface area contributed by atoms with Crippen molar-refractivity contribution in [2.75, 3.05) is 19.6 Å². The molecule has 5 nitrogen and oxygen atoms in total. The number of hydrogen-bond acceptors (Lipinski definition) is 4. The summed E-state index contributed by atoms with van der Waals surface area (Å²) in [5, 5.41) is 3.01. The van der Waals surface area contributed by atoms with Crippen molar-refractivity contribution in [3.63, 3.8) is 0 Å². The van der Waals surface area contributed by atoms with Crippen LogP contribution in [0.15, 0.2) is 11.6 Å². The summed E-state index contributed by atoms with van der Waals surface area (Å²) in [5.74, 6) is 0.863. The Hall–Kier alpha value is -1.43. The van der Waals surface area contributed by atoms with E-state index < -0.39 is 0 Å². The number of hydrogen-bond donors (Lipinski definition) is 0. The maximum atomic E-state index is 13.0. The first-order valence-corrected chi connectivity index (χ1v) is 9.58. The van der Waals surface area contributed by atoms with E-state index >= 15 is 0 Å². The number of piperidine rings is 1. The van der Waals surface area contributed by atoms with Crippen molar-refractivity contribution in [1.82, 2.24) is 14.8 Å². The Morgan fingerprint density at radius 1 is 1.30 bits per heavy atom. The molecule has 2 amide bonds. The highest BCUT2D eigenvalue weighted by Crippen LogP contribution is 2.36. The molecule has 3 heterocycles. The zero-order valence-electron chi connectivity index (χ0n) is 13.3. The zero-order chi connectivity index (χ0) is 15.8. The van der Waals surface area contributed by atoms with E-state index in [1.54, 1.807) is 11.3 Å². The van der Waals surface area contributed by atoms with Gasteiger partial charge in [-0.25, -0.2) is 4.98 Å². The fraction of sp³-hybridized carbons (Fsp3) is 0.706. The highest BCUT2D eigenvalue weighted by atomic mass is 32.1. The lowest BCUT2D eigenvalue weighted by molar-refractivity contribution is -0.139. The molecule has 1 aliphatic carbocycles. The largest absolute Gasteiger partial charge is 0.342 e. The Bertz CT molecular complexity index is 585. The maximum absolute atomic E-state index is 13.0. The average molecular weight is 333 g/mol. The van der Waals surface area contributed by atoms with E-state index in [1.807, 2.05) is 21.4 Å². The molecule has 124 valence electrons. The number of amides is 2. The molecule has 1 aromatic rings. The lowest BCUT2D eigenvalue weighted by atomic mass is 9.99. The molecule has 2 aliphatic heterocycles. The molecular weight excluding hydrogens is 310 g/mol. The summed E-state index contributed by atoms with van der Waals surface area (Å²) in [5.41, 5.74) is 0. The highest BCUT2D eigenvalue weighted by molar-refractivity contribution is 7.09. The van der Waals surface area contributed by atoms with E-state index in [4.69, 9.17) is 0 Å². The van der Waals surface area contributed by atoms with Crippen LogP contribution in [0.2, 0.25) is 0 Å². The van der Waals surface area contributed by atoms with Gasteiger partial charge in [0, 0.05) is 37.6 Å². The normalized spacial score (nSPS) is 28.4. The Morgan fingerprint density at radius 3 is 2.91 bits per heavy atom. The Morgan fingerprint density at radius 2 is 2.17 bits per heavy atom. The van der Waals surface area contributed by atoms with Crippen LogP contribution in [-0.4, -0.2) is 46.2 Å². The van der Waals surface area contributed by atoms with E-state index in [0.717, 1.165) is 37.4 Å². The van der Waals surface area contributed by atoms with Gasteiger partial charge in [0.25, 0.3) is 0 Å². The van der Waals surface area contributed by atoms with Crippen molar-refractivity contribution >= 4 is 23.2 Å². The summed E-state index contributed by atoms with van der Waals surface area (Å²) >= 11 is 1.63. The topological polar surface area (TPSA) is 53.5 Å². The maximum Gasteiger partial charge on any atom is 0.228 e. The summed E-state index contributed by atoms with van der Waals surface area (Å²) in [6, 6.07) is 0.115. The van der Waals surface area contributed by atoms with E-state index in [-0.39, 0.29) is 23.8 Å². The molecule has 0 unspecified atom stereocenters. The first kappa shape index (κ1) is 15.1. The second-order valence-electron chi connectivity index (χ2n) is 7.06. The van der Waals surface area contributed by atoms with Crippen LogP contribution in [0.3, 0.4) is 0 Å². The minimum atomic E-state index is -0.151. The molecule has 3 fully saturated rings. The van der Waals surface area contributed by atoms with Crippen LogP contribution in [0.25, 0.3) is 0 Å². The summed E-state index contributed by atoms with van der Waals surface area (Å²) in [6.45, 7) is 2.28. The fourth-order valence-electron chi connectivity index (χ4n) is 3.81. The highest BCUT2D eigenvalue weighted by Gasteiger charge is 2.41. The smallest absolute Gasteiger partial charge is 0.228 e. The molecule has 23 heavy (non-hydrogen) atoms. The van der Waals surface area contributed by atoms with Crippen molar-refractivity contribution in [2.24, 2.45) is 11.8 Å². The van der Waals surface area contributed by atoms with Gasteiger partial charge in [0.05, 0.1) is 12.0 Å². The molecule has 4 rings (SSSR count). The zero-order valence-corrected chi connectivity index (χ0v) is 14.1. The van der Waals surface area contributed by atoms with Crippen molar-refractivity contribution in [3.8, 4) is 0 Å². The summed E-state index contributed by atoms with van der Waals surface area (Å²) in [6.07, 6.45) is 7.87. The standard InChI is InChI=1S/C17H23N3O2S/c21-15-9-13(11-19(15)10-12-4-5-12)17(22)20-7-2-1-3-14(20)16-18-6-8-23-16/h6,8,12-14H,1-5,7,9-11H2/t13-,14+/m1/s1. The van der Waals surface area contributed by atoms with E-state index in [2.05, 4.69) is 4.98 Å². The van der Waals surface area contributed by atoms with Crippen LogP contribution < -0.4 is 0 Å². The number of carbonyl (C=O) groups is 2. The SMILES string of the molecule is O=C1C[C@@H](C(=O)N2CCCC[C@H]2c2nccs2)CN1CC1CC1. The molecular formula is C17H23N3O2S. The summed E-state index contributed by atoms with van der Waals surface area (Å²) in [4.78, 5) is 33.6. The van der Waals surface area contributed by atoms with Crippen LogP contribution in [0, 0.1) is 11.8 Å². The van der Waals surface area contributed by atoms with Crippen molar-refractivity contribution in [1.29, 1.82) is 0 Å². The first-order chi connectivity index (χ1) is 11.2. The molecule has 1 saturated carbocycles. The lowest BCUT2D eigenvalue weighted by Gasteiger charge is -2.36. The van der Waals surface area contributed by atoms with Crippen LogP contribution >= 0.6 is 11.3 Å². The van der Waals surface area contributed by atoms with Crippen molar-refractivity contribution < 1.29 is 9.59 Å².